The summed E-state index contributed by atoms with van der Waals surface area (Å²) in [5.74, 6) is 0. The Balaban J connectivity index is 2.31. The fourth-order valence-corrected chi connectivity index (χ4v) is 2.14. The van der Waals surface area contributed by atoms with Gasteiger partial charge in [-0.1, -0.05) is 23.7 Å². The summed E-state index contributed by atoms with van der Waals surface area (Å²) in [6.45, 7) is 7.04. The van der Waals surface area contributed by atoms with Crippen LogP contribution in [0.15, 0.2) is 24.3 Å². The zero-order valence-corrected chi connectivity index (χ0v) is 10.1. The predicted octanol–water partition coefficient (Wildman–Crippen LogP) is 2.91. The Labute approximate surface area is 95.6 Å². The van der Waals surface area contributed by atoms with Crippen LogP contribution in [0.3, 0.4) is 0 Å². The summed E-state index contributed by atoms with van der Waals surface area (Å²) in [5, 5.41) is 4.13. The highest BCUT2D eigenvalue weighted by Crippen LogP contribution is 2.34. The van der Waals surface area contributed by atoms with E-state index in [1.54, 1.807) is 0 Å². The maximum atomic E-state index is 6.01. The first-order valence-corrected chi connectivity index (χ1v) is 5.50. The Morgan fingerprint density at radius 3 is 2.60 bits per heavy atom. The standard InChI is InChI=1S/C12H16ClNO/c1-11(2)8-14-12(3,15-11)9-5-4-6-10(13)7-9/h4-7,14H,8H2,1-3H3. The molecule has 0 radical (unpaired) electrons. The summed E-state index contributed by atoms with van der Waals surface area (Å²) in [6, 6.07) is 7.78. The van der Waals surface area contributed by atoms with Crippen LogP contribution >= 0.6 is 11.6 Å². The molecule has 1 atom stereocenters. The Morgan fingerprint density at radius 2 is 2.07 bits per heavy atom. The molecule has 0 saturated carbocycles. The van der Waals surface area contributed by atoms with Crippen LogP contribution in [-0.2, 0) is 10.5 Å². The van der Waals surface area contributed by atoms with Crippen molar-refractivity contribution in [3.05, 3.63) is 34.9 Å². The summed E-state index contributed by atoms with van der Waals surface area (Å²) >= 11 is 5.97. The molecule has 1 aliphatic rings. The van der Waals surface area contributed by atoms with Gasteiger partial charge in [-0.05, 0) is 38.5 Å². The van der Waals surface area contributed by atoms with Crippen molar-refractivity contribution >= 4 is 11.6 Å². The van der Waals surface area contributed by atoms with E-state index in [4.69, 9.17) is 16.3 Å². The fraction of sp³-hybridized carbons (Fsp3) is 0.500. The predicted molar refractivity (Wildman–Crippen MR) is 62.0 cm³/mol. The van der Waals surface area contributed by atoms with Crippen LogP contribution in [-0.4, -0.2) is 12.1 Å². The lowest BCUT2D eigenvalue weighted by Crippen LogP contribution is -2.34. The van der Waals surface area contributed by atoms with Crippen molar-refractivity contribution in [3.8, 4) is 0 Å². The molecule has 2 nitrogen and oxygen atoms in total. The number of hydrogen-bond donors (Lipinski definition) is 1. The Morgan fingerprint density at radius 1 is 1.33 bits per heavy atom. The van der Waals surface area contributed by atoms with Crippen molar-refractivity contribution in [1.29, 1.82) is 0 Å². The molecule has 1 saturated heterocycles. The van der Waals surface area contributed by atoms with Crippen molar-refractivity contribution in [2.24, 2.45) is 0 Å². The van der Waals surface area contributed by atoms with Gasteiger partial charge in [-0.15, -0.1) is 0 Å². The molecule has 1 aromatic carbocycles. The summed E-state index contributed by atoms with van der Waals surface area (Å²) in [4.78, 5) is 0. The maximum absolute atomic E-state index is 6.01. The van der Waals surface area contributed by atoms with Crippen LogP contribution in [0.1, 0.15) is 26.3 Å². The molecule has 1 aromatic rings. The van der Waals surface area contributed by atoms with Gasteiger partial charge in [0, 0.05) is 11.6 Å². The SMILES string of the molecule is CC1(C)CNC(C)(c2cccc(Cl)c2)O1. The van der Waals surface area contributed by atoms with E-state index < -0.39 is 5.72 Å². The molecule has 0 amide bonds. The van der Waals surface area contributed by atoms with Gasteiger partial charge in [0.2, 0.25) is 0 Å². The monoisotopic (exact) mass is 225 g/mol. The normalized spacial score (nSPS) is 29.3. The Kier molecular flexibility index (Phi) is 2.53. The van der Waals surface area contributed by atoms with Gasteiger partial charge in [0.15, 0.2) is 0 Å². The Bertz CT molecular complexity index is 378. The summed E-state index contributed by atoms with van der Waals surface area (Å²) in [6.07, 6.45) is 0. The zero-order chi connectivity index (χ0) is 11.1. The van der Waals surface area contributed by atoms with E-state index in [1.165, 1.54) is 0 Å². The smallest absolute Gasteiger partial charge is 0.143 e. The van der Waals surface area contributed by atoms with Crippen molar-refractivity contribution in [2.45, 2.75) is 32.1 Å². The summed E-state index contributed by atoms with van der Waals surface area (Å²) in [7, 11) is 0. The van der Waals surface area contributed by atoms with E-state index in [1.807, 2.05) is 31.2 Å². The molecule has 1 N–H and O–H groups in total. The highest BCUT2D eigenvalue weighted by atomic mass is 35.5. The first kappa shape index (κ1) is 10.9. The van der Waals surface area contributed by atoms with Gasteiger partial charge in [0.25, 0.3) is 0 Å². The van der Waals surface area contributed by atoms with E-state index in [0.717, 1.165) is 17.1 Å². The zero-order valence-electron chi connectivity index (χ0n) is 9.30. The van der Waals surface area contributed by atoms with Crippen molar-refractivity contribution < 1.29 is 4.74 Å². The summed E-state index contributed by atoms with van der Waals surface area (Å²) in [5.41, 5.74) is 0.520. The third kappa shape index (κ3) is 2.17. The quantitative estimate of drug-likeness (QED) is 0.794. The van der Waals surface area contributed by atoms with Crippen LogP contribution in [0.25, 0.3) is 0 Å². The van der Waals surface area contributed by atoms with Gasteiger partial charge < -0.3 is 4.74 Å². The third-order valence-corrected chi connectivity index (χ3v) is 2.94. The van der Waals surface area contributed by atoms with Crippen LogP contribution in [0.5, 0.6) is 0 Å². The van der Waals surface area contributed by atoms with Gasteiger partial charge in [0.05, 0.1) is 5.60 Å². The largest absolute Gasteiger partial charge is 0.349 e. The highest BCUT2D eigenvalue weighted by molar-refractivity contribution is 6.30. The van der Waals surface area contributed by atoms with Gasteiger partial charge in [-0.25, -0.2) is 0 Å². The second-order valence-electron chi connectivity index (χ2n) is 4.76. The topological polar surface area (TPSA) is 21.3 Å². The number of nitrogens with one attached hydrogen (secondary N) is 1. The molecule has 0 bridgehead atoms. The molecule has 3 heteroatoms. The minimum Gasteiger partial charge on any atom is -0.349 e. The van der Waals surface area contributed by atoms with Gasteiger partial charge in [-0.2, -0.15) is 0 Å². The molecule has 0 spiro atoms. The number of ether oxygens (including phenoxy) is 1. The highest BCUT2D eigenvalue weighted by Gasteiger charge is 2.41. The van der Waals surface area contributed by atoms with Gasteiger partial charge in [0.1, 0.15) is 5.72 Å². The molecular weight excluding hydrogens is 210 g/mol. The van der Waals surface area contributed by atoms with E-state index in [9.17, 15) is 0 Å². The lowest BCUT2D eigenvalue weighted by molar-refractivity contribution is -0.0839. The van der Waals surface area contributed by atoms with Crippen LogP contribution in [0, 0.1) is 0 Å². The van der Waals surface area contributed by atoms with E-state index in [-0.39, 0.29) is 5.60 Å². The van der Waals surface area contributed by atoms with Gasteiger partial charge in [-0.3, -0.25) is 5.32 Å². The van der Waals surface area contributed by atoms with Crippen LogP contribution < -0.4 is 5.32 Å². The van der Waals surface area contributed by atoms with Crippen LogP contribution in [0.2, 0.25) is 5.02 Å². The van der Waals surface area contributed by atoms with E-state index >= 15 is 0 Å². The minimum atomic E-state index is -0.422. The van der Waals surface area contributed by atoms with E-state index in [0.29, 0.717) is 0 Å². The van der Waals surface area contributed by atoms with E-state index in [2.05, 4.69) is 19.2 Å². The van der Waals surface area contributed by atoms with Crippen molar-refractivity contribution in [2.75, 3.05) is 6.54 Å². The molecule has 1 aliphatic heterocycles. The number of halogens is 1. The molecule has 1 unspecified atom stereocenters. The minimum absolute atomic E-state index is 0.128. The fourth-order valence-electron chi connectivity index (χ4n) is 1.95. The molecule has 0 aliphatic carbocycles. The molecular formula is C12H16ClNO. The number of benzene rings is 1. The average molecular weight is 226 g/mol. The first-order valence-electron chi connectivity index (χ1n) is 5.13. The molecule has 2 rings (SSSR count). The van der Waals surface area contributed by atoms with Gasteiger partial charge >= 0.3 is 0 Å². The Hall–Kier alpha value is -0.570. The maximum Gasteiger partial charge on any atom is 0.143 e. The lowest BCUT2D eigenvalue weighted by atomic mass is 10.1. The number of rotatable bonds is 1. The summed E-state index contributed by atoms with van der Waals surface area (Å²) < 4.78 is 6.01. The molecule has 15 heavy (non-hydrogen) atoms. The van der Waals surface area contributed by atoms with Crippen LogP contribution in [0.4, 0.5) is 0 Å². The molecule has 0 aromatic heterocycles. The lowest BCUT2D eigenvalue weighted by Gasteiger charge is -2.27. The average Bonchev–Trinajstić information content (AvgIpc) is 2.42. The molecule has 1 fully saturated rings. The molecule has 82 valence electrons. The molecule has 1 heterocycles. The number of hydrogen-bond acceptors (Lipinski definition) is 2. The van der Waals surface area contributed by atoms with Crippen molar-refractivity contribution in [3.63, 3.8) is 0 Å². The second kappa shape index (κ2) is 3.48. The van der Waals surface area contributed by atoms with Crippen molar-refractivity contribution in [1.82, 2.24) is 5.32 Å². The first-order chi connectivity index (χ1) is 6.91. The third-order valence-electron chi connectivity index (χ3n) is 2.71. The second-order valence-corrected chi connectivity index (χ2v) is 5.20.